The van der Waals surface area contributed by atoms with Crippen molar-refractivity contribution in [2.45, 2.75) is 45.2 Å². The van der Waals surface area contributed by atoms with Crippen molar-refractivity contribution in [3.8, 4) is 0 Å². The summed E-state index contributed by atoms with van der Waals surface area (Å²) >= 11 is 0. The first-order chi connectivity index (χ1) is 8.38. The van der Waals surface area contributed by atoms with E-state index in [1.165, 1.54) is 0 Å². The van der Waals surface area contributed by atoms with Crippen LogP contribution in [-0.2, 0) is 16.6 Å². The van der Waals surface area contributed by atoms with Gasteiger partial charge in [0.05, 0.1) is 4.90 Å². The van der Waals surface area contributed by atoms with E-state index in [0.717, 1.165) is 11.1 Å². The molecule has 102 valence electrons. The second kappa shape index (κ2) is 6.31. The van der Waals surface area contributed by atoms with Crippen molar-refractivity contribution >= 4 is 10.0 Å². The Balaban J connectivity index is 3.06. The molecule has 1 aromatic carbocycles. The molecule has 4 nitrogen and oxygen atoms in total. The van der Waals surface area contributed by atoms with Gasteiger partial charge in [0.25, 0.3) is 0 Å². The monoisotopic (exact) mass is 270 g/mol. The van der Waals surface area contributed by atoms with Gasteiger partial charge in [-0.1, -0.05) is 32.9 Å². The zero-order chi connectivity index (χ0) is 13.8. The maximum absolute atomic E-state index is 12.0. The lowest BCUT2D eigenvalue weighted by Crippen LogP contribution is -2.25. The van der Waals surface area contributed by atoms with Crippen LogP contribution in [0.3, 0.4) is 0 Å². The second-order valence-corrected chi connectivity index (χ2v) is 6.31. The van der Waals surface area contributed by atoms with E-state index in [1.54, 1.807) is 19.1 Å². The lowest BCUT2D eigenvalue weighted by atomic mass is 10.1. The van der Waals surface area contributed by atoms with Crippen LogP contribution < -0.4 is 10.0 Å². The van der Waals surface area contributed by atoms with Crippen LogP contribution in [0.15, 0.2) is 23.1 Å². The average Bonchev–Trinajstić information content (AvgIpc) is 2.27. The van der Waals surface area contributed by atoms with Gasteiger partial charge in [0.2, 0.25) is 10.0 Å². The number of hydrogen-bond donors (Lipinski definition) is 2. The van der Waals surface area contributed by atoms with Gasteiger partial charge in [-0.05, 0) is 24.1 Å². The molecular formula is C13H22N2O2S. The molecule has 0 saturated heterocycles. The molecule has 0 fully saturated rings. The predicted molar refractivity (Wildman–Crippen MR) is 74.0 cm³/mol. The molecule has 0 heterocycles. The van der Waals surface area contributed by atoms with Crippen LogP contribution in [-0.4, -0.2) is 21.0 Å². The third kappa shape index (κ3) is 3.80. The van der Waals surface area contributed by atoms with E-state index in [1.807, 2.05) is 13.0 Å². The number of hydrogen-bond acceptors (Lipinski definition) is 3. The van der Waals surface area contributed by atoms with Crippen molar-refractivity contribution in [1.29, 1.82) is 0 Å². The first-order valence-electron chi connectivity index (χ1n) is 6.20. The molecule has 0 amide bonds. The molecule has 2 N–H and O–H groups in total. The predicted octanol–water partition coefficient (Wildman–Crippen LogP) is 1.79. The van der Waals surface area contributed by atoms with Gasteiger partial charge in [-0.3, -0.25) is 0 Å². The molecule has 1 aromatic rings. The van der Waals surface area contributed by atoms with Crippen molar-refractivity contribution in [2.75, 3.05) is 6.54 Å². The normalized spacial score (nSPS) is 12.1. The summed E-state index contributed by atoms with van der Waals surface area (Å²) in [6.07, 6.45) is 0. The summed E-state index contributed by atoms with van der Waals surface area (Å²) in [5.41, 5.74) is 1.83. The number of rotatable bonds is 6. The van der Waals surface area contributed by atoms with E-state index in [4.69, 9.17) is 0 Å². The molecule has 1 rings (SSSR count). The summed E-state index contributed by atoms with van der Waals surface area (Å²) in [5, 5.41) is 3.30. The molecule has 0 bridgehead atoms. The molecular weight excluding hydrogens is 248 g/mol. The van der Waals surface area contributed by atoms with E-state index in [0.29, 0.717) is 24.0 Å². The fourth-order valence-corrected chi connectivity index (χ4v) is 3.05. The quantitative estimate of drug-likeness (QED) is 0.828. The fraction of sp³-hybridized carbons (Fsp3) is 0.538. The van der Waals surface area contributed by atoms with E-state index in [2.05, 4.69) is 23.9 Å². The van der Waals surface area contributed by atoms with Crippen LogP contribution in [0.5, 0.6) is 0 Å². The van der Waals surface area contributed by atoms with Gasteiger partial charge in [0, 0.05) is 19.1 Å². The van der Waals surface area contributed by atoms with Crippen molar-refractivity contribution < 1.29 is 8.42 Å². The SMILES string of the molecule is CCNS(=O)(=O)c1cccc(CNC(C)C)c1C. The van der Waals surface area contributed by atoms with Crippen molar-refractivity contribution in [3.05, 3.63) is 29.3 Å². The summed E-state index contributed by atoms with van der Waals surface area (Å²) < 4.78 is 26.5. The highest BCUT2D eigenvalue weighted by atomic mass is 32.2. The first-order valence-corrected chi connectivity index (χ1v) is 7.68. The van der Waals surface area contributed by atoms with Crippen molar-refractivity contribution in [3.63, 3.8) is 0 Å². The van der Waals surface area contributed by atoms with Gasteiger partial charge >= 0.3 is 0 Å². The fourth-order valence-electron chi connectivity index (χ4n) is 1.72. The lowest BCUT2D eigenvalue weighted by Gasteiger charge is -2.14. The van der Waals surface area contributed by atoms with Crippen molar-refractivity contribution in [2.24, 2.45) is 0 Å². The zero-order valence-corrected chi connectivity index (χ0v) is 12.3. The van der Waals surface area contributed by atoms with Crippen LogP contribution in [0.1, 0.15) is 31.9 Å². The highest BCUT2D eigenvalue weighted by Crippen LogP contribution is 2.18. The Labute approximate surface area is 110 Å². The van der Waals surface area contributed by atoms with Crippen LogP contribution in [0, 0.1) is 6.92 Å². The first kappa shape index (κ1) is 15.1. The van der Waals surface area contributed by atoms with Gasteiger partial charge in [-0.2, -0.15) is 0 Å². The standard InChI is InChI=1S/C13H22N2O2S/c1-5-15-18(16,17)13-8-6-7-12(11(13)4)9-14-10(2)3/h6-8,10,14-15H,5,9H2,1-4H3. The Morgan fingerprint density at radius 2 is 1.94 bits per heavy atom. The van der Waals surface area contributed by atoms with E-state index in [-0.39, 0.29) is 0 Å². The minimum Gasteiger partial charge on any atom is -0.310 e. The zero-order valence-electron chi connectivity index (χ0n) is 11.4. The Morgan fingerprint density at radius 1 is 1.28 bits per heavy atom. The molecule has 0 aliphatic carbocycles. The third-order valence-corrected chi connectivity index (χ3v) is 4.41. The molecule has 0 aromatic heterocycles. The Bertz CT molecular complexity index is 496. The van der Waals surface area contributed by atoms with Gasteiger partial charge in [-0.15, -0.1) is 0 Å². The number of nitrogens with one attached hydrogen (secondary N) is 2. The number of sulfonamides is 1. The minimum absolute atomic E-state index is 0.368. The van der Waals surface area contributed by atoms with E-state index in [9.17, 15) is 8.42 Å². The Morgan fingerprint density at radius 3 is 2.50 bits per heavy atom. The summed E-state index contributed by atoms with van der Waals surface area (Å²) in [7, 11) is -3.38. The van der Waals surface area contributed by atoms with Crippen LogP contribution >= 0.6 is 0 Å². The Hall–Kier alpha value is -0.910. The molecule has 0 radical (unpaired) electrons. The number of benzene rings is 1. The van der Waals surface area contributed by atoms with Gasteiger partial charge < -0.3 is 5.32 Å². The summed E-state index contributed by atoms with van der Waals surface area (Å²) in [5.74, 6) is 0. The molecule has 0 unspecified atom stereocenters. The Kier molecular flexibility index (Phi) is 5.31. The lowest BCUT2D eigenvalue weighted by molar-refractivity contribution is 0.579. The van der Waals surface area contributed by atoms with Gasteiger partial charge in [0.15, 0.2) is 0 Å². The van der Waals surface area contributed by atoms with Crippen LogP contribution in [0.4, 0.5) is 0 Å². The average molecular weight is 270 g/mol. The largest absolute Gasteiger partial charge is 0.310 e. The second-order valence-electron chi connectivity index (χ2n) is 4.58. The van der Waals surface area contributed by atoms with Gasteiger partial charge in [0.1, 0.15) is 0 Å². The topological polar surface area (TPSA) is 58.2 Å². The molecule has 18 heavy (non-hydrogen) atoms. The van der Waals surface area contributed by atoms with E-state index >= 15 is 0 Å². The smallest absolute Gasteiger partial charge is 0.240 e. The highest BCUT2D eigenvalue weighted by Gasteiger charge is 2.16. The summed E-state index contributed by atoms with van der Waals surface area (Å²) in [6.45, 7) is 8.83. The molecule has 0 saturated carbocycles. The summed E-state index contributed by atoms with van der Waals surface area (Å²) in [4.78, 5) is 0.368. The molecule has 0 aliphatic heterocycles. The molecule has 0 aliphatic rings. The maximum Gasteiger partial charge on any atom is 0.240 e. The minimum atomic E-state index is -3.38. The third-order valence-electron chi connectivity index (χ3n) is 2.72. The van der Waals surface area contributed by atoms with Crippen molar-refractivity contribution in [1.82, 2.24) is 10.0 Å². The maximum atomic E-state index is 12.0. The van der Waals surface area contributed by atoms with Crippen LogP contribution in [0.25, 0.3) is 0 Å². The molecule has 5 heteroatoms. The van der Waals surface area contributed by atoms with Crippen LogP contribution in [0.2, 0.25) is 0 Å². The molecule has 0 atom stereocenters. The highest BCUT2D eigenvalue weighted by molar-refractivity contribution is 7.89. The van der Waals surface area contributed by atoms with Gasteiger partial charge in [-0.25, -0.2) is 13.1 Å². The summed E-state index contributed by atoms with van der Waals surface area (Å²) in [6, 6.07) is 5.76. The molecule has 0 spiro atoms. The van der Waals surface area contributed by atoms with E-state index < -0.39 is 10.0 Å².